The number of furan rings is 1. The summed E-state index contributed by atoms with van der Waals surface area (Å²) >= 11 is 1.16. The van der Waals surface area contributed by atoms with E-state index in [0.29, 0.717) is 31.9 Å². The molecular formula is C27H21N3O7S. The Morgan fingerprint density at radius 1 is 1.24 bits per heavy atom. The highest BCUT2D eigenvalue weighted by molar-refractivity contribution is 7.07. The van der Waals surface area contributed by atoms with Gasteiger partial charge in [0.15, 0.2) is 4.80 Å². The monoisotopic (exact) mass is 531 g/mol. The highest BCUT2D eigenvalue weighted by Gasteiger charge is 2.35. The van der Waals surface area contributed by atoms with Gasteiger partial charge in [-0.1, -0.05) is 35.6 Å². The number of allylic oxidation sites excluding steroid dienone is 1. The second-order valence-corrected chi connectivity index (χ2v) is 9.41. The van der Waals surface area contributed by atoms with Crippen molar-refractivity contribution in [2.45, 2.75) is 19.9 Å². The zero-order valence-electron chi connectivity index (χ0n) is 20.3. The van der Waals surface area contributed by atoms with E-state index in [9.17, 15) is 24.8 Å². The Hall–Kier alpha value is -4.77. The number of benzene rings is 2. The van der Waals surface area contributed by atoms with Crippen LogP contribution >= 0.6 is 11.3 Å². The Labute approximate surface area is 219 Å². The quantitative estimate of drug-likeness (QED) is 0.228. The van der Waals surface area contributed by atoms with Crippen LogP contribution in [0, 0.1) is 10.1 Å². The Balaban J connectivity index is 1.67. The SMILES string of the molecule is CCOC(=O)C1=C(C)N=c2s/c(=C\c3ccc(O)cc3)c(=O)n2[C@@H]1c1ccc(-c2cccc([N+](=O)[O-])c2)o1. The Morgan fingerprint density at radius 2 is 2.00 bits per heavy atom. The lowest BCUT2D eigenvalue weighted by atomic mass is 10.0. The molecule has 0 saturated heterocycles. The molecule has 0 amide bonds. The van der Waals surface area contributed by atoms with Gasteiger partial charge in [0.2, 0.25) is 0 Å². The second kappa shape index (κ2) is 9.94. The highest BCUT2D eigenvalue weighted by atomic mass is 32.1. The van der Waals surface area contributed by atoms with Crippen molar-refractivity contribution in [2.24, 2.45) is 4.99 Å². The molecule has 4 aromatic rings. The lowest BCUT2D eigenvalue weighted by molar-refractivity contribution is -0.384. The molecule has 2 aromatic heterocycles. The fourth-order valence-electron chi connectivity index (χ4n) is 4.21. The summed E-state index contributed by atoms with van der Waals surface area (Å²) in [4.78, 5) is 42.3. The first kappa shape index (κ1) is 24.9. The van der Waals surface area contributed by atoms with Crippen molar-refractivity contribution in [1.82, 2.24) is 4.57 Å². The summed E-state index contributed by atoms with van der Waals surface area (Å²) in [6, 6.07) is 14.7. The number of thiazole rings is 1. The van der Waals surface area contributed by atoms with Gasteiger partial charge in [0, 0.05) is 17.7 Å². The van der Waals surface area contributed by atoms with Gasteiger partial charge in [-0.05, 0) is 49.8 Å². The van der Waals surface area contributed by atoms with Crippen molar-refractivity contribution < 1.29 is 24.0 Å². The van der Waals surface area contributed by atoms with E-state index in [0.717, 1.165) is 11.3 Å². The third-order valence-electron chi connectivity index (χ3n) is 5.95. The summed E-state index contributed by atoms with van der Waals surface area (Å²) in [6.45, 7) is 3.48. The van der Waals surface area contributed by atoms with Gasteiger partial charge in [-0.15, -0.1) is 0 Å². The van der Waals surface area contributed by atoms with Gasteiger partial charge in [0.1, 0.15) is 23.3 Å². The topological polar surface area (TPSA) is 137 Å². The number of aromatic hydroxyl groups is 1. The number of hydrogen-bond donors (Lipinski definition) is 1. The van der Waals surface area contributed by atoms with E-state index in [1.807, 2.05) is 0 Å². The molecule has 0 saturated carbocycles. The van der Waals surface area contributed by atoms with E-state index < -0.39 is 16.9 Å². The number of nitrogens with zero attached hydrogens (tertiary/aromatic N) is 3. The normalized spacial score (nSPS) is 15.2. The van der Waals surface area contributed by atoms with E-state index in [1.165, 1.54) is 28.8 Å². The van der Waals surface area contributed by atoms with Crippen LogP contribution < -0.4 is 14.9 Å². The van der Waals surface area contributed by atoms with Gasteiger partial charge in [0.25, 0.3) is 11.2 Å². The predicted octanol–water partition coefficient (Wildman–Crippen LogP) is 3.67. The van der Waals surface area contributed by atoms with E-state index in [1.54, 1.807) is 56.3 Å². The summed E-state index contributed by atoms with van der Waals surface area (Å²) in [5.41, 5.74) is 1.26. The van der Waals surface area contributed by atoms with Crippen LogP contribution in [0.3, 0.4) is 0 Å². The molecule has 1 N–H and O–H groups in total. The average molecular weight is 532 g/mol. The van der Waals surface area contributed by atoms with Crippen LogP contribution in [-0.2, 0) is 9.53 Å². The molecule has 0 spiro atoms. The Morgan fingerprint density at radius 3 is 2.71 bits per heavy atom. The van der Waals surface area contributed by atoms with Gasteiger partial charge in [-0.25, -0.2) is 9.79 Å². The van der Waals surface area contributed by atoms with Gasteiger partial charge >= 0.3 is 5.97 Å². The smallest absolute Gasteiger partial charge is 0.338 e. The third-order valence-corrected chi connectivity index (χ3v) is 6.93. The minimum absolute atomic E-state index is 0.0920. The number of aromatic nitrogens is 1. The van der Waals surface area contributed by atoms with Crippen molar-refractivity contribution in [1.29, 1.82) is 0 Å². The Bertz CT molecular complexity index is 1780. The number of fused-ring (bicyclic) bond motifs is 1. The number of hydrogen-bond acceptors (Lipinski definition) is 9. The predicted molar refractivity (Wildman–Crippen MR) is 139 cm³/mol. The molecule has 1 atom stereocenters. The van der Waals surface area contributed by atoms with E-state index >= 15 is 0 Å². The van der Waals surface area contributed by atoms with Crippen LogP contribution in [0.2, 0.25) is 0 Å². The molecule has 5 rings (SSSR count). The number of phenolic OH excluding ortho intramolecular Hbond substituents is 1. The van der Waals surface area contributed by atoms with Gasteiger partial charge in [-0.2, -0.15) is 0 Å². The van der Waals surface area contributed by atoms with Crippen molar-refractivity contribution >= 4 is 29.1 Å². The molecule has 2 aromatic carbocycles. The molecule has 0 aliphatic carbocycles. The van der Waals surface area contributed by atoms with Crippen LogP contribution in [-0.4, -0.2) is 27.2 Å². The van der Waals surface area contributed by atoms with Gasteiger partial charge in [0.05, 0.1) is 27.3 Å². The summed E-state index contributed by atoms with van der Waals surface area (Å²) in [5.74, 6) is 0.101. The van der Waals surface area contributed by atoms with Crippen molar-refractivity contribution in [3.05, 3.63) is 113 Å². The summed E-state index contributed by atoms with van der Waals surface area (Å²) < 4.78 is 13.2. The fourth-order valence-corrected chi connectivity index (χ4v) is 5.26. The number of ether oxygens (including phenoxy) is 1. The molecule has 10 nitrogen and oxygen atoms in total. The summed E-state index contributed by atoms with van der Waals surface area (Å²) in [7, 11) is 0. The van der Waals surface area contributed by atoms with E-state index in [2.05, 4.69) is 4.99 Å². The fraction of sp³-hybridized carbons (Fsp3) is 0.148. The summed E-state index contributed by atoms with van der Waals surface area (Å²) in [5, 5.41) is 20.8. The molecular weight excluding hydrogens is 510 g/mol. The zero-order valence-corrected chi connectivity index (χ0v) is 21.1. The number of non-ortho nitro benzene ring substituents is 1. The Kier molecular flexibility index (Phi) is 6.52. The van der Waals surface area contributed by atoms with Crippen LogP contribution in [0.15, 0.2) is 86.1 Å². The molecule has 192 valence electrons. The van der Waals surface area contributed by atoms with Crippen molar-refractivity contribution in [3.8, 4) is 17.1 Å². The molecule has 0 radical (unpaired) electrons. The molecule has 38 heavy (non-hydrogen) atoms. The lowest BCUT2D eigenvalue weighted by Crippen LogP contribution is -2.39. The van der Waals surface area contributed by atoms with Crippen molar-refractivity contribution in [2.75, 3.05) is 6.61 Å². The largest absolute Gasteiger partial charge is 0.508 e. The number of nitro groups is 1. The van der Waals surface area contributed by atoms with Gasteiger partial charge < -0.3 is 14.3 Å². The van der Waals surface area contributed by atoms with E-state index in [4.69, 9.17) is 9.15 Å². The average Bonchev–Trinajstić information content (AvgIpc) is 3.50. The van der Waals surface area contributed by atoms with Crippen LogP contribution in [0.4, 0.5) is 5.69 Å². The first-order valence-electron chi connectivity index (χ1n) is 11.6. The second-order valence-electron chi connectivity index (χ2n) is 8.40. The van der Waals surface area contributed by atoms with Crippen LogP contribution in [0.25, 0.3) is 17.4 Å². The highest BCUT2D eigenvalue weighted by Crippen LogP contribution is 2.34. The number of carbonyl (C=O) groups excluding carboxylic acids is 1. The minimum atomic E-state index is -0.959. The number of esters is 1. The van der Waals surface area contributed by atoms with Crippen LogP contribution in [0.5, 0.6) is 5.75 Å². The number of rotatable bonds is 6. The number of carbonyl (C=O) groups is 1. The van der Waals surface area contributed by atoms with Gasteiger partial charge in [-0.3, -0.25) is 19.5 Å². The number of nitro benzene ring substituents is 1. The molecule has 0 bridgehead atoms. The first-order valence-corrected chi connectivity index (χ1v) is 12.4. The molecule has 1 aliphatic rings. The standard InChI is InChI=1S/C27H21N3O7S/c1-3-36-26(33)23-15(2)28-27-29(25(32)22(38-27)13-16-7-9-19(31)10-8-16)24(23)21-12-11-20(37-21)17-5-4-6-18(14-17)30(34)35/h4-14,24,31H,3H2,1-2H3/b22-13-/t24-/m1/s1. The molecule has 3 heterocycles. The molecule has 1 aliphatic heterocycles. The van der Waals surface area contributed by atoms with Crippen molar-refractivity contribution in [3.63, 3.8) is 0 Å². The maximum Gasteiger partial charge on any atom is 0.338 e. The maximum atomic E-state index is 13.6. The number of phenols is 1. The summed E-state index contributed by atoms with van der Waals surface area (Å²) in [6.07, 6.45) is 1.68. The molecule has 11 heteroatoms. The maximum absolute atomic E-state index is 13.6. The minimum Gasteiger partial charge on any atom is -0.508 e. The zero-order chi connectivity index (χ0) is 27.0. The first-order chi connectivity index (χ1) is 18.3. The lowest BCUT2D eigenvalue weighted by Gasteiger charge is -2.22. The van der Waals surface area contributed by atoms with Crippen LogP contribution in [0.1, 0.15) is 31.2 Å². The molecule has 0 fully saturated rings. The molecule has 0 unspecified atom stereocenters. The third kappa shape index (κ3) is 4.55. The van der Waals surface area contributed by atoms with E-state index in [-0.39, 0.29) is 34.9 Å².